The lowest BCUT2D eigenvalue weighted by atomic mass is 10.0. The first kappa shape index (κ1) is 11.9. The van der Waals surface area contributed by atoms with Crippen LogP contribution in [0, 0.1) is 0 Å². The van der Waals surface area contributed by atoms with Gasteiger partial charge in [-0.15, -0.1) is 0 Å². The second-order valence-corrected chi connectivity index (χ2v) is 8.06. The van der Waals surface area contributed by atoms with Gasteiger partial charge in [0.05, 0.1) is 12.8 Å². The normalized spacial score (nSPS) is 20.8. The monoisotopic (exact) mass is 234 g/mol. The lowest BCUT2D eigenvalue weighted by Gasteiger charge is -2.30. The third-order valence-electron chi connectivity index (χ3n) is 2.99. The van der Waals surface area contributed by atoms with Gasteiger partial charge in [0.2, 0.25) is 0 Å². The topological polar surface area (TPSA) is 33.2 Å². The summed E-state index contributed by atoms with van der Waals surface area (Å²) in [6.45, 7) is 4.53. The van der Waals surface area contributed by atoms with Crippen LogP contribution in [0.3, 0.4) is 0 Å². The molecular weight excluding hydrogens is 218 g/mol. The zero-order valence-electron chi connectivity index (χ0n) is 9.59. The zero-order chi connectivity index (χ0) is 11.6. The van der Waals surface area contributed by atoms with Crippen LogP contribution in [0.1, 0.15) is 5.69 Å². The van der Waals surface area contributed by atoms with E-state index in [0.717, 1.165) is 37.7 Å². The van der Waals surface area contributed by atoms with Gasteiger partial charge in [-0.1, -0.05) is 12.1 Å². The van der Waals surface area contributed by atoms with Crippen molar-refractivity contribution in [2.75, 3.05) is 32.1 Å². The second-order valence-electron chi connectivity index (χ2n) is 4.57. The molecule has 3 nitrogen and oxygen atoms in total. The lowest BCUT2D eigenvalue weighted by Crippen LogP contribution is -2.34. The minimum Gasteiger partial charge on any atom is -0.324 e. The number of aromatic nitrogens is 1. The van der Waals surface area contributed by atoms with Crippen LogP contribution in [0.25, 0.3) is 0 Å². The van der Waals surface area contributed by atoms with Crippen molar-refractivity contribution < 1.29 is 4.57 Å². The third-order valence-corrected chi connectivity index (χ3v) is 5.28. The van der Waals surface area contributed by atoms with E-state index in [-0.39, 0.29) is 0 Å². The van der Waals surface area contributed by atoms with Crippen LogP contribution >= 0.6 is 7.14 Å². The number of nitrogens with zero attached hydrogens (tertiary/aromatic N) is 2. The maximum absolute atomic E-state index is 11.8. The average Bonchev–Trinajstić information content (AvgIpc) is 2.21. The highest BCUT2D eigenvalue weighted by Crippen LogP contribution is 2.42. The Morgan fingerprint density at radius 3 is 2.75 bits per heavy atom. The highest BCUT2D eigenvalue weighted by atomic mass is 31.2. The summed E-state index contributed by atoms with van der Waals surface area (Å²) < 4.78 is 11.8. The fourth-order valence-corrected chi connectivity index (χ4v) is 3.54. The quantitative estimate of drug-likeness (QED) is 0.557. The SMILES string of the molecule is [B]c1cccc(CN2CCP(C)(=O)CC2)n1. The van der Waals surface area contributed by atoms with Crippen molar-refractivity contribution in [3.8, 4) is 0 Å². The number of rotatable bonds is 2. The van der Waals surface area contributed by atoms with E-state index in [4.69, 9.17) is 7.85 Å². The summed E-state index contributed by atoms with van der Waals surface area (Å²) in [5.74, 6) is 0. The summed E-state index contributed by atoms with van der Waals surface area (Å²) in [6.07, 6.45) is 1.66. The fourth-order valence-electron chi connectivity index (χ4n) is 1.90. The Balaban J connectivity index is 1.94. The molecule has 0 N–H and O–H groups in total. The molecule has 1 saturated heterocycles. The lowest BCUT2D eigenvalue weighted by molar-refractivity contribution is 0.284. The predicted octanol–water partition coefficient (Wildman–Crippen LogP) is 0.684. The predicted molar refractivity (Wildman–Crippen MR) is 68.2 cm³/mol. The van der Waals surface area contributed by atoms with Crippen molar-refractivity contribution in [3.05, 3.63) is 23.9 Å². The van der Waals surface area contributed by atoms with Gasteiger partial charge in [-0.05, 0) is 18.3 Å². The Morgan fingerprint density at radius 2 is 2.12 bits per heavy atom. The molecule has 16 heavy (non-hydrogen) atoms. The molecule has 0 atom stereocenters. The van der Waals surface area contributed by atoms with Crippen LogP contribution in [0.2, 0.25) is 0 Å². The smallest absolute Gasteiger partial charge is 0.141 e. The standard InChI is InChI=1S/C11H16BN2OP/c1-16(15)7-5-14(6-8-16)9-10-3-2-4-11(12)13-10/h2-4H,5-9H2,1H3. The number of hydrogen-bond acceptors (Lipinski definition) is 3. The first-order valence-electron chi connectivity index (χ1n) is 5.54. The Labute approximate surface area is 98.0 Å². The zero-order valence-corrected chi connectivity index (χ0v) is 10.5. The molecule has 1 aliphatic heterocycles. The minimum atomic E-state index is -1.83. The summed E-state index contributed by atoms with van der Waals surface area (Å²) in [6, 6.07) is 5.70. The molecule has 1 fully saturated rings. The molecule has 0 unspecified atom stereocenters. The Bertz CT molecular complexity index is 412. The fraction of sp³-hybridized carbons (Fsp3) is 0.545. The number of pyridine rings is 1. The summed E-state index contributed by atoms with van der Waals surface area (Å²) in [7, 11) is 3.81. The van der Waals surface area contributed by atoms with Crippen molar-refractivity contribution in [1.29, 1.82) is 0 Å². The molecule has 1 aromatic rings. The van der Waals surface area contributed by atoms with Crippen molar-refractivity contribution in [1.82, 2.24) is 9.88 Å². The molecule has 0 aliphatic carbocycles. The highest BCUT2D eigenvalue weighted by molar-refractivity contribution is 7.63. The van der Waals surface area contributed by atoms with Gasteiger partial charge in [0, 0.05) is 32.0 Å². The molecule has 1 aliphatic rings. The molecule has 5 heteroatoms. The van der Waals surface area contributed by atoms with Crippen molar-refractivity contribution in [2.45, 2.75) is 6.54 Å². The van der Waals surface area contributed by atoms with E-state index in [9.17, 15) is 4.57 Å². The molecule has 2 radical (unpaired) electrons. The van der Waals surface area contributed by atoms with Gasteiger partial charge in [0.25, 0.3) is 0 Å². The maximum Gasteiger partial charge on any atom is 0.141 e. The molecular formula is C11H16BN2OP. The summed E-state index contributed by atoms with van der Waals surface area (Å²) in [4.78, 5) is 6.56. The molecule has 2 heterocycles. The average molecular weight is 234 g/mol. The molecule has 0 bridgehead atoms. The first-order chi connectivity index (χ1) is 7.55. The van der Waals surface area contributed by atoms with Crippen LogP contribution in [0.5, 0.6) is 0 Å². The molecule has 84 valence electrons. The molecule has 0 saturated carbocycles. The van der Waals surface area contributed by atoms with E-state index < -0.39 is 7.14 Å². The van der Waals surface area contributed by atoms with E-state index in [1.54, 1.807) is 6.07 Å². The third kappa shape index (κ3) is 3.20. The molecule has 2 rings (SSSR count). The highest BCUT2D eigenvalue weighted by Gasteiger charge is 2.23. The second kappa shape index (κ2) is 4.73. The van der Waals surface area contributed by atoms with E-state index in [1.807, 2.05) is 18.8 Å². The van der Waals surface area contributed by atoms with Gasteiger partial charge >= 0.3 is 0 Å². The van der Waals surface area contributed by atoms with Gasteiger partial charge in [-0.2, -0.15) is 0 Å². The van der Waals surface area contributed by atoms with Crippen LogP contribution in [0.15, 0.2) is 18.2 Å². The van der Waals surface area contributed by atoms with E-state index in [0.29, 0.717) is 5.59 Å². The van der Waals surface area contributed by atoms with Crippen molar-refractivity contribution >= 4 is 20.6 Å². The summed E-state index contributed by atoms with van der Waals surface area (Å²) in [5.41, 5.74) is 1.56. The van der Waals surface area contributed by atoms with E-state index in [2.05, 4.69) is 9.88 Å². The van der Waals surface area contributed by atoms with Gasteiger partial charge in [-0.25, -0.2) is 0 Å². The van der Waals surface area contributed by atoms with Crippen molar-refractivity contribution in [2.24, 2.45) is 0 Å². The first-order valence-corrected chi connectivity index (χ1v) is 8.07. The van der Waals surface area contributed by atoms with Gasteiger partial charge in [-0.3, -0.25) is 9.88 Å². The maximum atomic E-state index is 11.8. The Morgan fingerprint density at radius 1 is 1.44 bits per heavy atom. The minimum absolute atomic E-state index is 0.565. The van der Waals surface area contributed by atoms with Crippen molar-refractivity contribution in [3.63, 3.8) is 0 Å². The van der Waals surface area contributed by atoms with Gasteiger partial charge < -0.3 is 4.57 Å². The van der Waals surface area contributed by atoms with Crippen LogP contribution < -0.4 is 5.59 Å². The van der Waals surface area contributed by atoms with Gasteiger partial charge in [0.15, 0.2) is 0 Å². The molecule has 0 spiro atoms. The molecule has 0 aromatic carbocycles. The van der Waals surface area contributed by atoms with E-state index in [1.165, 1.54) is 0 Å². The number of hydrogen-bond donors (Lipinski definition) is 0. The van der Waals surface area contributed by atoms with E-state index >= 15 is 0 Å². The molecule has 0 amide bonds. The van der Waals surface area contributed by atoms with Gasteiger partial charge in [0.1, 0.15) is 7.85 Å². The van der Waals surface area contributed by atoms with Crippen LogP contribution in [-0.4, -0.2) is 49.8 Å². The molecule has 1 aromatic heterocycles. The Hall–Kier alpha value is -0.595. The largest absolute Gasteiger partial charge is 0.324 e. The van der Waals surface area contributed by atoms with Crippen LogP contribution in [0.4, 0.5) is 0 Å². The summed E-state index contributed by atoms with van der Waals surface area (Å²) >= 11 is 0. The van der Waals surface area contributed by atoms with Crippen LogP contribution in [-0.2, 0) is 11.1 Å². The summed E-state index contributed by atoms with van der Waals surface area (Å²) in [5, 5.41) is 0. The Kier molecular flexibility index (Phi) is 3.51.